The number of carbonyl (C=O) groups excluding carboxylic acids is 1. The second-order valence-electron chi connectivity index (χ2n) is 7.42. The van der Waals surface area contributed by atoms with Crippen LogP contribution < -0.4 is 15.0 Å². The van der Waals surface area contributed by atoms with E-state index in [0.717, 1.165) is 31.9 Å². The summed E-state index contributed by atoms with van der Waals surface area (Å²) in [4.78, 5) is 37.5. The summed E-state index contributed by atoms with van der Waals surface area (Å²) in [6.45, 7) is 3.83. The lowest BCUT2D eigenvalue weighted by Crippen LogP contribution is -2.48. The van der Waals surface area contributed by atoms with Crippen molar-refractivity contribution in [2.75, 3.05) is 42.9 Å². The molecule has 2 aliphatic rings. The Morgan fingerprint density at radius 1 is 0.968 bits per heavy atom. The van der Waals surface area contributed by atoms with Crippen LogP contribution in [0.15, 0.2) is 42.5 Å². The van der Waals surface area contributed by atoms with Gasteiger partial charge in [0.25, 0.3) is 17.3 Å². The lowest BCUT2D eigenvalue weighted by molar-refractivity contribution is -0.385. The quantitative estimate of drug-likeness (QED) is 0.549. The van der Waals surface area contributed by atoms with Crippen LogP contribution >= 0.6 is 0 Å². The number of carbonyl (C=O) groups is 1. The van der Waals surface area contributed by atoms with Crippen molar-refractivity contribution >= 4 is 28.7 Å². The number of nitro groups is 2. The van der Waals surface area contributed by atoms with Gasteiger partial charge in [0.1, 0.15) is 5.75 Å². The first kappa shape index (κ1) is 20.5. The van der Waals surface area contributed by atoms with Crippen LogP contribution in [-0.2, 0) is 4.79 Å². The van der Waals surface area contributed by atoms with Gasteiger partial charge in [-0.3, -0.25) is 29.9 Å². The van der Waals surface area contributed by atoms with Crippen molar-refractivity contribution in [3.05, 3.63) is 62.7 Å². The number of anilines is 2. The van der Waals surface area contributed by atoms with E-state index >= 15 is 0 Å². The second-order valence-corrected chi connectivity index (χ2v) is 7.42. The molecule has 2 aliphatic heterocycles. The molecule has 2 aromatic carbocycles. The Hall–Kier alpha value is -3.73. The maximum atomic E-state index is 12.3. The van der Waals surface area contributed by atoms with Crippen molar-refractivity contribution in [3.8, 4) is 5.75 Å². The number of benzene rings is 2. The molecule has 0 spiro atoms. The average molecular weight is 427 g/mol. The first-order valence-corrected chi connectivity index (χ1v) is 9.88. The smallest absolute Gasteiger partial charge is 0.271 e. The number of ether oxygens (including phenoxy) is 1. The highest BCUT2D eigenvalue weighted by Gasteiger charge is 2.29. The average Bonchev–Trinajstić information content (AvgIpc) is 2.77. The third-order valence-corrected chi connectivity index (χ3v) is 5.50. The van der Waals surface area contributed by atoms with Crippen molar-refractivity contribution in [1.29, 1.82) is 0 Å². The highest BCUT2D eigenvalue weighted by molar-refractivity contribution is 5.98. The molecular weight excluding hydrogens is 406 g/mol. The third kappa shape index (κ3) is 4.56. The van der Waals surface area contributed by atoms with E-state index in [-0.39, 0.29) is 17.3 Å². The van der Waals surface area contributed by atoms with Gasteiger partial charge in [-0.1, -0.05) is 0 Å². The zero-order valence-electron chi connectivity index (χ0n) is 16.6. The van der Waals surface area contributed by atoms with Crippen LogP contribution in [0.4, 0.5) is 22.7 Å². The van der Waals surface area contributed by atoms with Gasteiger partial charge in [0, 0.05) is 69.1 Å². The predicted octanol–water partition coefficient (Wildman–Crippen LogP) is 2.41. The molecule has 0 aromatic heterocycles. The summed E-state index contributed by atoms with van der Waals surface area (Å²) >= 11 is 0. The topological polar surface area (TPSA) is 131 Å². The highest BCUT2D eigenvalue weighted by atomic mass is 16.6. The van der Waals surface area contributed by atoms with E-state index in [1.165, 1.54) is 30.3 Å². The van der Waals surface area contributed by atoms with Crippen LogP contribution in [0.5, 0.6) is 5.75 Å². The van der Waals surface area contributed by atoms with Crippen molar-refractivity contribution in [2.45, 2.75) is 12.5 Å². The van der Waals surface area contributed by atoms with Gasteiger partial charge in [-0.15, -0.1) is 0 Å². The maximum Gasteiger partial charge on any atom is 0.271 e. The highest BCUT2D eigenvalue weighted by Crippen LogP contribution is 2.33. The Morgan fingerprint density at radius 3 is 2.26 bits per heavy atom. The molecule has 2 aromatic rings. The van der Waals surface area contributed by atoms with E-state index in [1.54, 1.807) is 12.1 Å². The van der Waals surface area contributed by atoms with Gasteiger partial charge in [0.05, 0.1) is 15.5 Å². The van der Waals surface area contributed by atoms with Crippen molar-refractivity contribution in [1.82, 2.24) is 4.90 Å². The lowest BCUT2D eigenvalue weighted by atomic mass is 10.1. The molecule has 1 saturated heterocycles. The number of amides is 1. The minimum Gasteiger partial charge on any atom is -0.478 e. The molecule has 31 heavy (non-hydrogen) atoms. The van der Waals surface area contributed by atoms with E-state index in [1.807, 2.05) is 0 Å². The largest absolute Gasteiger partial charge is 0.478 e. The molecule has 1 fully saturated rings. The standard InChI is InChI=1S/C20H21N5O6/c26-20-19(31-18-6-5-16(25(29)30)13-17(18)21-20)7-8-22-9-11-23(12-10-22)14-1-3-15(4-2-14)24(27)28/h1-6,13,19H,7-12H2,(H,21,26)/t19-/m1/s1. The van der Waals surface area contributed by atoms with Crippen LogP contribution in [0.1, 0.15) is 6.42 Å². The maximum absolute atomic E-state index is 12.3. The molecule has 1 atom stereocenters. The zero-order valence-corrected chi connectivity index (χ0v) is 16.6. The van der Waals surface area contributed by atoms with Crippen LogP contribution in [-0.4, -0.2) is 59.5 Å². The van der Waals surface area contributed by atoms with Gasteiger partial charge in [-0.05, 0) is 18.2 Å². The van der Waals surface area contributed by atoms with Crippen LogP contribution in [0, 0.1) is 20.2 Å². The number of nitro benzene ring substituents is 2. The number of fused-ring (bicyclic) bond motifs is 1. The Kier molecular flexibility index (Phi) is 5.67. The summed E-state index contributed by atoms with van der Waals surface area (Å²) in [5, 5.41) is 24.4. The zero-order chi connectivity index (χ0) is 22.0. The Bertz CT molecular complexity index is 1000. The van der Waals surface area contributed by atoms with Crippen molar-refractivity contribution in [2.24, 2.45) is 0 Å². The molecule has 1 amide bonds. The molecular formula is C20H21N5O6. The minimum absolute atomic E-state index is 0.0734. The summed E-state index contributed by atoms with van der Waals surface area (Å²) in [6.07, 6.45) is -0.151. The molecule has 0 aliphatic carbocycles. The minimum atomic E-state index is -0.651. The number of nitrogens with one attached hydrogen (secondary N) is 1. The van der Waals surface area contributed by atoms with E-state index in [4.69, 9.17) is 4.74 Å². The van der Waals surface area contributed by atoms with Crippen LogP contribution in [0.3, 0.4) is 0 Å². The van der Waals surface area contributed by atoms with E-state index in [0.29, 0.717) is 24.4 Å². The van der Waals surface area contributed by atoms with Gasteiger partial charge in [0.2, 0.25) is 0 Å². The number of non-ortho nitro benzene ring substituents is 2. The molecule has 0 bridgehead atoms. The number of nitrogens with zero attached hydrogens (tertiary/aromatic N) is 4. The second kappa shape index (κ2) is 8.56. The van der Waals surface area contributed by atoms with Gasteiger partial charge in [0.15, 0.2) is 6.10 Å². The molecule has 0 unspecified atom stereocenters. The third-order valence-electron chi connectivity index (χ3n) is 5.50. The Balaban J connectivity index is 1.28. The summed E-state index contributed by atoms with van der Waals surface area (Å²) in [7, 11) is 0. The Morgan fingerprint density at radius 2 is 1.61 bits per heavy atom. The SMILES string of the molecule is O=C1Nc2cc([N+](=O)[O-])ccc2O[C@@H]1CCN1CCN(c2ccc([N+](=O)[O-])cc2)CC1. The number of piperazine rings is 1. The van der Waals surface area contributed by atoms with Crippen molar-refractivity contribution in [3.63, 3.8) is 0 Å². The van der Waals surface area contributed by atoms with Gasteiger partial charge < -0.3 is 15.0 Å². The molecule has 4 rings (SSSR count). The first-order valence-electron chi connectivity index (χ1n) is 9.88. The number of hydrogen-bond acceptors (Lipinski definition) is 8. The van der Waals surface area contributed by atoms with Gasteiger partial charge in [-0.25, -0.2) is 0 Å². The summed E-state index contributed by atoms with van der Waals surface area (Å²) in [5.41, 5.74) is 1.23. The van der Waals surface area contributed by atoms with Crippen LogP contribution in [0.2, 0.25) is 0 Å². The van der Waals surface area contributed by atoms with Gasteiger partial charge in [-0.2, -0.15) is 0 Å². The fourth-order valence-corrected chi connectivity index (χ4v) is 3.76. The van der Waals surface area contributed by atoms with Crippen LogP contribution in [0.25, 0.3) is 0 Å². The monoisotopic (exact) mass is 427 g/mol. The van der Waals surface area contributed by atoms with E-state index < -0.39 is 16.0 Å². The number of rotatable bonds is 6. The molecule has 2 heterocycles. The fourth-order valence-electron chi connectivity index (χ4n) is 3.76. The number of hydrogen-bond donors (Lipinski definition) is 1. The predicted molar refractivity (Wildman–Crippen MR) is 113 cm³/mol. The first-order chi connectivity index (χ1) is 14.9. The fraction of sp³-hybridized carbons (Fsp3) is 0.350. The molecule has 1 N–H and O–H groups in total. The van der Waals surface area contributed by atoms with Crippen molar-refractivity contribution < 1.29 is 19.4 Å². The Labute approximate surface area is 177 Å². The summed E-state index contributed by atoms with van der Waals surface area (Å²) < 4.78 is 5.76. The summed E-state index contributed by atoms with van der Waals surface area (Å²) in [5.74, 6) is 0.121. The summed E-state index contributed by atoms with van der Waals surface area (Å²) in [6, 6.07) is 10.7. The normalized spacial score (nSPS) is 18.6. The molecule has 11 heteroatoms. The van der Waals surface area contributed by atoms with E-state index in [9.17, 15) is 25.0 Å². The lowest BCUT2D eigenvalue weighted by Gasteiger charge is -2.36. The molecule has 162 valence electrons. The molecule has 11 nitrogen and oxygen atoms in total. The van der Waals surface area contributed by atoms with E-state index in [2.05, 4.69) is 15.1 Å². The van der Waals surface area contributed by atoms with Gasteiger partial charge >= 0.3 is 0 Å². The molecule has 0 radical (unpaired) electrons. The molecule has 0 saturated carbocycles.